The van der Waals surface area contributed by atoms with Gasteiger partial charge in [-0.1, -0.05) is 0 Å². The SMILES string of the molecule is CCOP1CCO1. The van der Waals surface area contributed by atoms with Crippen molar-refractivity contribution in [2.24, 2.45) is 0 Å². The van der Waals surface area contributed by atoms with Crippen molar-refractivity contribution in [1.29, 1.82) is 0 Å². The van der Waals surface area contributed by atoms with E-state index in [1.165, 1.54) is 0 Å². The normalized spacial score (nSPS) is 29.6. The summed E-state index contributed by atoms with van der Waals surface area (Å²) in [6.07, 6.45) is 1.14. The smallest absolute Gasteiger partial charge is 0.172 e. The third kappa shape index (κ3) is 1.37. The molecule has 0 saturated carbocycles. The van der Waals surface area contributed by atoms with Crippen LogP contribution in [0.4, 0.5) is 0 Å². The van der Waals surface area contributed by atoms with Gasteiger partial charge in [-0.2, -0.15) is 0 Å². The van der Waals surface area contributed by atoms with E-state index in [1.54, 1.807) is 0 Å². The first-order chi connectivity index (χ1) is 3.43. The maximum absolute atomic E-state index is 5.12. The predicted octanol–water partition coefficient (Wildman–Crippen LogP) is 1.36. The number of hydrogen-bond acceptors (Lipinski definition) is 2. The molecule has 2 nitrogen and oxygen atoms in total. The molecule has 1 unspecified atom stereocenters. The fraction of sp³-hybridized carbons (Fsp3) is 1.00. The molecule has 1 atom stereocenters. The lowest BCUT2D eigenvalue weighted by Gasteiger charge is -2.23. The molecule has 1 rings (SSSR count). The van der Waals surface area contributed by atoms with E-state index in [2.05, 4.69) is 0 Å². The molecule has 0 spiro atoms. The van der Waals surface area contributed by atoms with Gasteiger partial charge < -0.3 is 9.05 Å². The molecule has 42 valence electrons. The average Bonchev–Trinajstić information content (AvgIpc) is 1.55. The molecule has 0 aromatic carbocycles. The van der Waals surface area contributed by atoms with Crippen LogP contribution in [0.1, 0.15) is 6.92 Å². The Morgan fingerprint density at radius 1 is 1.86 bits per heavy atom. The van der Waals surface area contributed by atoms with Gasteiger partial charge in [0.05, 0.1) is 13.2 Å². The summed E-state index contributed by atoms with van der Waals surface area (Å²) in [5.74, 6) is 0. The summed E-state index contributed by atoms with van der Waals surface area (Å²) in [5, 5.41) is 0. The van der Waals surface area contributed by atoms with Gasteiger partial charge in [0, 0.05) is 6.16 Å². The monoisotopic (exact) mass is 120 g/mol. The van der Waals surface area contributed by atoms with E-state index in [-0.39, 0.29) is 0 Å². The Morgan fingerprint density at radius 2 is 2.57 bits per heavy atom. The molecule has 0 aromatic heterocycles. The van der Waals surface area contributed by atoms with Gasteiger partial charge >= 0.3 is 0 Å². The summed E-state index contributed by atoms with van der Waals surface area (Å²) < 4.78 is 10.1. The molecule has 1 fully saturated rings. The van der Waals surface area contributed by atoms with Crippen molar-refractivity contribution in [2.45, 2.75) is 6.92 Å². The third-order valence-corrected chi connectivity index (χ3v) is 2.35. The second-order valence-corrected chi connectivity index (χ2v) is 2.94. The topological polar surface area (TPSA) is 18.5 Å². The Hall–Kier alpha value is 0.350. The minimum absolute atomic E-state index is 0.398. The summed E-state index contributed by atoms with van der Waals surface area (Å²) in [6.45, 7) is 3.70. The van der Waals surface area contributed by atoms with Crippen LogP contribution in [-0.4, -0.2) is 19.4 Å². The van der Waals surface area contributed by atoms with Crippen molar-refractivity contribution < 1.29 is 9.05 Å². The summed E-state index contributed by atoms with van der Waals surface area (Å²) >= 11 is 0. The average molecular weight is 120 g/mol. The zero-order chi connectivity index (χ0) is 5.11. The van der Waals surface area contributed by atoms with E-state index in [0.717, 1.165) is 19.4 Å². The molecule has 1 aliphatic heterocycles. The van der Waals surface area contributed by atoms with E-state index in [4.69, 9.17) is 9.05 Å². The van der Waals surface area contributed by atoms with E-state index in [9.17, 15) is 0 Å². The van der Waals surface area contributed by atoms with Gasteiger partial charge in [-0.3, -0.25) is 0 Å². The van der Waals surface area contributed by atoms with Crippen LogP contribution in [0.25, 0.3) is 0 Å². The molecule has 7 heavy (non-hydrogen) atoms. The minimum Gasteiger partial charge on any atom is -0.334 e. The molecule has 0 bridgehead atoms. The Bertz CT molecular complexity index is 53.7. The van der Waals surface area contributed by atoms with Crippen LogP contribution in [0.15, 0.2) is 0 Å². The Balaban J connectivity index is 1.93. The second kappa shape index (κ2) is 2.61. The largest absolute Gasteiger partial charge is 0.334 e. The highest BCUT2D eigenvalue weighted by Crippen LogP contribution is 2.45. The molecule has 0 N–H and O–H groups in total. The van der Waals surface area contributed by atoms with Crippen LogP contribution in [0, 0.1) is 0 Å². The van der Waals surface area contributed by atoms with E-state index < -0.39 is 8.38 Å². The molecular weight excluding hydrogens is 111 g/mol. The molecular formula is C4H9O2P. The molecule has 0 aromatic rings. The standard InChI is InChI=1S/C4H9O2P/c1-2-5-7-4-3-6-7/h2-4H2,1H3. The quantitative estimate of drug-likeness (QED) is 0.512. The lowest BCUT2D eigenvalue weighted by molar-refractivity contribution is 0.226. The fourth-order valence-electron chi connectivity index (χ4n) is 0.412. The lowest BCUT2D eigenvalue weighted by atomic mass is 10.9. The highest BCUT2D eigenvalue weighted by Gasteiger charge is 2.17. The Morgan fingerprint density at radius 3 is 2.71 bits per heavy atom. The van der Waals surface area contributed by atoms with Gasteiger partial charge in [0.1, 0.15) is 0 Å². The number of rotatable bonds is 2. The van der Waals surface area contributed by atoms with Crippen molar-refractivity contribution >= 4 is 8.38 Å². The molecule has 1 heterocycles. The summed E-state index contributed by atoms with van der Waals surface area (Å²) in [7, 11) is -0.398. The van der Waals surface area contributed by atoms with Crippen LogP contribution in [0.3, 0.4) is 0 Å². The Kier molecular flexibility index (Phi) is 2.04. The highest BCUT2D eigenvalue weighted by atomic mass is 31.2. The van der Waals surface area contributed by atoms with Gasteiger partial charge in [0.25, 0.3) is 0 Å². The zero-order valence-corrected chi connectivity index (χ0v) is 5.28. The molecule has 0 aliphatic carbocycles. The lowest BCUT2D eigenvalue weighted by Crippen LogP contribution is -2.10. The van der Waals surface area contributed by atoms with Gasteiger partial charge in [0.15, 0.2) is 8.38 Å². The molecule has 1 saturated heterocycles. The van der Waals surface area contributed by atoms with Crippen molar-refractivity contribution in [3.8, 4) is 0 Å². The zero-order valence-electron chi connectivity index (χ0n) is 4.39. The van der Waals surface area contributed by atoms with Crippen LogP contribution in [0.5, 0.6) is 0 Å². The summed E-state index contributed by atoms with van der Waals surface area (Å²) in [5.41, 5.74) is 0. The highest BCUT2D eigenvalue weighted by molar-refractivity contribution is 7.48. The van der Waals surface area contributed by atoms with E-state index >= 15 is 0 Å². The van der Waals surface area contributed by atoms with Crippen molar-refractivity contribution in [3.63, 3.8) is 0 Å². The third-order valence-electron chi connectivity index (χ3n) is 0.782. The first-order valence-corrected chi connectivity index (χ1v) is 3.83. The van der Waals surface area contributed by atoms with Crippen LogP contribution < -0.4 is 0 Å². The molecule has 1 aliphatic rings. The van der Waals surface area contributed by atoms with Crippen LogP contribution >= 0.6 is 8.38 Å². The predicted molar refractivity (Wildman–Crippen MR) is 29.4 cm³/mol. The van der Waals surface area contributed by atoms with Gasteiger partial charge in [-0.05, 0) is 6.92 Å². The van der Waals surface area contributed by atoms with Gasteiger partial charge in [-0.25, -0.2) is 0 Å². The first-order valence-electron chi connectivity index (χ1n) is 2.47. The fourth-order valence-corrected chi connectivity index (χ4v) is 1.23. The van der Waals surface area contributed by atoms with E-state index in [1.807, 2.05) is 6.92 Å². The van der Waals surface area contributed by atoms with Crippen LogP contribution in [-0.2, 0) is 9.05 Å². The second-order valence-electron chi connectivity index (χ2n) is 1.31. The molecule has 0 amide bonds. The van der Waals surface area contributed by atoms with Crippen molar-refractivity contribution in [3.05, 3.63) is 0 Å². The molecule has 0 radical (unpaired) electrons. The maximum atomic E-state index is 5.12. The van der Waals surface area contributed by atoms with Crippen molar-refractivity contribution in [1.82, 2.24) is 0 Å². The minimum atomic E-state index is -0.398. The first kappa shape index (κ1) is 5.49. The molecule has 3 heteroatoms. The van der Waals surface area contributed by atoms with Crippen molar-refractivity contribution in [2.75, 3.05) is 19.4 Å². The van der Waals surface area contributed by atoms with Gasteiger partial charge in [-0.15, -0.1) is 0 Å². The summed E-state index contributed by atoms with van der Waals surface area (Å²) in [6, 6.07) is 0. The maximum Gasteiger partial charge on any atom is 0.172 e. The Labute approximate surface area is 44.7 Å². The van der Waals surface area contributed by atoms with E-state index in [0.29, 0.717) is 0 Å². The van der Waals surface area contributed by atoms with Gasteiger partial charge in [0.2, 0.25) is 0 Å². The van der Waals surface area contributed by atoms with Crippen LogP contribution in [0.2, 0.25) is 0 Å². The summed E-state index contributed by atoms with van der Waals surface area (Å²) in [4.78, 5) is 0. The number of hydrogen-bond donors (Lipinski definition) is 0.